The Balaban J connectivity index is 1.11. The average Bonchev–Trinajstić information content (AvgIpc) is 3.67. The summed E-state index contributed by atoms with van der Waals surface area (Å²) in [6.07, 6.45) is 0. The molecule has 0 atom stereocenters. The quantitative estimate of drug-likeness (QED) is 0.135. The van der Waals surface area contributed by atoms with E-state index in [0.29, 0.717) is 11.1 Å². The van der Waals surface area contributed by atoms with Gasteiger partial charge in [0.15, 0.2) is 11.5 Å². The molecule has 0 radical (unpaired) electrons. The van der Waals surface area contributed by atoms with Gasteiger partial charge in [-0.15, -0.1) is 0 Å². The Kier molecular flexibility index (Phi) is 6.99. The van der Waals surface area contributed by atoms with Gasteiger partial charge in [0, 0.05) is 34.1 Å². The lowest BCUT2D eigenvalue weighted by Gasteiger charge is -2.41. The normalized spacial score (nSPS) is 17.3. The van der Waals surface area contributed by atoms with Crippen LogP contribution in [0, 0.1) is 0 Å². The molecule has 0 aromatic heterocycles. The topological polar surface area (TPSA) is 59.1 Å². The lowest BCUT2D eigenvalue weighted by Crippen LogP contribution is -2.58. The lowest BCUT2D eigenvalue weighted by molar-refractivity contribution is -0.131. The zero-order chi connectivity index (χ0) is 36.9. The second-order valence-corrected chi connectivity index (χ2v) is 23.9. The molecule has 4 heterocycles. The van der Waals surface area contributed by atoms with E-state index in [1.807, 2.05) is 48.5 Å². The van der Waals surface area contributed by atoms with E-state index in [9.17, 15) is 9.59 Å². The first-order valence-corrected chi connectivity index (χ1v) is 24.3. The van der Waals surface area contributed by atoms with E-state index in [1.165, 1.54) is 32.1 Å². The number of ether oxygens (including phenoxy) is 2. The number of nitrogens with zero attached hydrogens (tertiary/aromatic N) is 2. The van der Waals surface area contributed by atoms with E-state index in [-0.39, 0.29) is 22.7 Å². The Hall–Kier alpha value is -6.23. The number of hydrogen-bond acceptors (Lipinski definition) is 6. The molecule has 0 bridgehead atoms. The number of rotatable bonds is 4. The zero-order valence-corrected chi connectivity index (χ0v) is 32.4. The molecule has 0 unspecified atom stereocenters. The van der Waals surface area contributed by atoms with Crippen LogP contribution in [0.5, 0.6) is 0 Å². The van der Waals surface area contributed by atoms with Gasteiger partial charge in [-0.25, -0.2) is 9.59 Å². The Morgan fingerprint density at radius 3 is 1.17 bits per heavy atom. The van der Waals surface area contributed by atoms with E-state index < -0.39 is 28.1 Å². The van der Waals surface area contributed by atoms with Crippen molar-refractivity contribution in [2.24, 2.45) is 0 Å². The largest absolute Gasteiger partial charge is 0.418 e. The molecule has 4 aliphatic rings. The highest BCUT2D eigenvalue weighted by atomic mass is 28.3. The summed E-state index contributed by atoms with van der Waals surface area (Å²) in [5.41, 5.74) is 8.58. The van der Waals surface area contributed by atoms with Crippen molar-refractivity contribution < 1.29 is 19.1 Å². The second-order valence-electron chi connectivity index (χ2n) is 15.3. The van der Waals surface area contributed by atoms with Gasteiger partial charge in [-0.2, -0.15) is 0 Å². The first kappa shape index (κ1) is 32.4. The van der Waals surface area contributed by atoms with Crippen LogP contribution in [0.3, 0.4) is 0 Å². The highest BCUT2D eigenvalue weighted by molar-refractivity contribution is 7.03. The van der Waals surface area contributed by atoms with Crippen LogP contribution in [-0.2, 0) is 19.1 Å². The molecule has 262 valence electrons. The van der Waals surface area contributed by atoms with Gasteiger partial charge in [0.1, 0.15) is 27.3 Å². The van der Waals surface area contributed by atoms with Gasteiger partial charge in [0.2, 0.25) is 0 Å². The van der Waals surface area contributed by atoms with Crippen LogP contribution in [0.15, 0.2) is 157 Å². The number of anilines is 6. The van der Waals surface area contributed by atoms with Gasteiger partial charge in [-0.1, -0.05) is 123 Å². The van der Waals surface area contributed by atoms with Gasteiger partial charge in [-0.05, 0) is 80.4 Å². The lowest BCUT2D eigenvalue weighted by atomic mass is 10.0. The number of para-hydroxylation sites is 4. The smallest absolute Gasteiger partial charge is 0.348 e. The summed E-state index contributed by atoms with van der Waals surface area (Å²) in [5, 5.41) is 5.01. The van der Waals surface area contributed by atoms with E-state index >= 15 is 0 Å². The Bertz CT molecular complexity index is 2480. The molecule has 8 heteroatoms. The van der Waals surface area contributed by atoms with Crippen LogP contribution >= 0.6 is 0 Å². The number of fused-ring (bicyclic) bond motifs is 5. The van der Waals surface area contributed by atoms with Gasteiger partial charge in [0.25, 0.3) is 0 Å². The van der Waals surface area contributed by atoms with Crippen molar-refractivity contribution in [1.82, 2.24) is 0 Å². The molecule has 6 aromatic carbocycles. The first-order valence-electron chi connectivity index (χ1n) is 18.3. The third-order valence-electron chi connectivity index (χ3n) is 11.5. The number of benzene rings is 6. The fourth-order valence-corrected chi connectivity index (χ4v) is 14.8. The van der Waals surface area contributed by atoms with Crippen molar-refractivity contribution in [1.29, 1.82) is 0 Å². The molecular weight excluding hydrogens is 701 g/mol. The number of hydrogen-bond donors (Lipinski definition) is 0. The Morgan fingerprint density at radius 1 is 0.407 bits per heavy atom. The van der Waals surface area contributed by atoms with Gasteiger partial charge in [-0.3, -0.25) is 0 Å². The molecule has 0 amide bonds. The average molecular weight is 737 g/mol. The molecule has 0 N–H and O–H groups in total. The molecule has 54 heavy (non-hydrogen) atoms. The highest BCUT2D eigenvalue weighted by Gasteiger charge is 2.46. The van der Waals surface area contributed by atoms with E-state index in [2.05, 4.69) is 133 Å². The second kappa shape index (κ2) is 11.6. The van der Waals surface area contributed by atoms with Crippen LogP contribution in [0.1, 0.15) is 11.1 Å². The predicted octanol–water partition coefficient (Wildman–Crippen LogP) is 8.13. The van der Waals surface area contributed by atoms with Crippen molar-refractivity contribution in [3.05, 3.63) is 168 Å². The minimum atomic E-state index is -2.24. The SMILES string of the molecule is C[Si]1(C)c2ccccc2N(c2ccccc2)c2ccc(C3=C4OC(=O)C(c5ccc6c(c5)[Si](C)(C)c5ccccc5N6c5ccccc5)=C4OC3=O)cc21. The van der Waals surface area contributed by atoms with Crippen LogP contribution in [0.2, 0.25) is 26.2 Å². The molecule has 0 saturated carbocycles. The molecule has 6 nitrogen and oxygen atoms in total. The molecule has 10 rings (SSSR count). The summed E-state index contributed by atoms with van der Waals surface area (Å²) < 4.78 is 12.0. The van der Waals surface area contributed by atoms with E-state index in [0.717, 1.165) is 22.7 Å². The van der Waals surface area contributed by atoms with Crippen molar-refractivity contribution in [3.8, 4) is 0 Å². The highest BCUT2D eigenvalue weighted by Crippen LogP contribution is 2.46. The van der Waals surface area contributed by atoms with E-state index in [1.54, 1.807) is 0 Å². The van der Waals surface area contributed by atoms with Crippen LogP contribution in [0.25, 0.3) is 11.1 Å². The Labute approximate surface area is 316 Å². The molecule has 0 aliphatic carbocycles. The van der Waals surface area contributed by atoms with Crippen LogP contribution in [0.4, 0.5) is 34.1 Å². The fraction of sp³-hybridized carbons (Fsp3) is 0.0870. The van der Waals surface area contributed by atoms with Gasteiger partial charge >= 0.3 is 11.9 Å². The third kappa shape index (κ3) is 4.57. The molecule has 0 fully saturated rings. The summed E-state index contributed by atoms with van der Waals surface area (Å²) in [4.78, 5) is 32.3. The summed E-state index contributed by atoms with van der Waals surface area (Å²) in [6.45, 7) is 9.38. The molecule has 0 spiro atoms. The van der Waals surface area contributed by atoms with Crippen molar-refractivity contribution in [3.63, 3.8) is 0 Å². The summed E-state index contributed by atoms with van der Waals surface area (Å²) in [5.74, 6) is -0.642. The standard InChI is InChI=1S/C46H36N2O4Si2/c1-53(2)37-21-13-11-19-33(37)47(31-15-7-5-8-16-31)35-25-23-29(27-39(35)53)41-43-44(52-45(41)49)42(46(50)51-43)30-24-26-36-40(28-30)54(3,4)38-22-14-12-20-34(38)48(36)32-17-9-6-10-18-32/h5-28H,1-4H3. The number of carbonyl (C=O) groups excluding carboxylic acids is 2. The fourth-order valence-electron chi connectivity index (χ4n) is 8.82. The minimum absolute atomic E-state index is 0.195. The maximum Gasteiger partial charge on any atom is 0.348 e. The zero-order valence-electron chi connectivity index (χ0n) is 30.4. The molecular formula is C46H36N2O4Si2. The number of esters is 2. The van der Waals surface area contributed by atoms with Gasteiger partial charge in [0.05, 0.1) is 0 Å². The monoisotopic (exact) mass is 736 g/mol. The van der Waals surface area contributed by atoms with Crippen molar-refractivity contribution >= 4 is 94.1 Å². The minimum Gasteiger partial charge on any atom is -0.418 e. The molecule has 4 aliphatic heterocycles. The van der Waals surface area contributed by atoms with Gasteiger partial charge < -0.3 is 19.3 Å². The third-order valence-corrected chi connectivity index (χ3v) is 18.6. The molecule has 0 saturated heterocycles. The summed E-state index contributed by atoms with van der Waals surface area (Å²) in [6, 6.07) is 50.2. The Morgan fingerprint density at radius 2 is 0.759 bits per heavy atom. The molecule has 6 aromatic rings. The maximum atomic E-state index is 13.9. The van der Waals surface area contributed by atoms with Crippen molar-refractivity contribution in [2.75, 3.05) is 9.80 Å². The van der Waals surface area contributed by atoms with Crippen LogP contribution in [-0.4, -0.2) is 28.1 Å². The van der Waals surface area contributed by atoms with Crippen molar-refractivity contribution in [2.45, 2.75) is 26.2 Å². The van der Waals surface area contributed by atoms with Crippen LogP contribution < -0.4 is 30.5 Å². The summed E-state index contributed by atoms with van der Waals surface area (Å²) >= 11 is 0. The number of carbonyl (C=O) groups is 2. The first-order chi connectivity index (χ1) is 26.1. The predicted molar refractivity (Wildman–Crippen MR) is 222 cm³/mol. The maximum absolute atomic E-state index is 13.9. The summed E-state index contributed by atoms with van der Waals surface area (Å²) in [7, 11) is -4.49. The van der Waals surface area contributed by atoms with E-state index in [4.69, 9.17) is 9.47 Å².